The molecule has 19 heavy (non-hydrogen) atoms. The quantitative estimate of drug-likeness (QED) is 0.676. The van der Waals surface area contributed by atoms with Crippen LogP contribution < -0.4 is 5.73 Å². The number of nitrogens with two attached hydrogens (primary N) is 1. The lowest BCUT2D eigenvalue weighted by molar-refractivity contribution is 0.246. The van der Waals surface area contributed by atoms with Crippen molar-refractivity contribution in [1.29, 1.82) is 0 Å². The van der Waals surface area contributed by atoms with Gasteiger partial charge in [0.05, 0.1) is 0 Å². The number of hydrogen-bond donors (Lipinski definition) is 1. The van der Waals surface area contributed by atoms with Crippen LogP contribution in [0.1, 0.15) is 16.7 Å². The molecule has 0 atom stereocenters. The van der Waals surface area contributed by atoms with Crippen molar-refractivity contribution >= 4 is 17.3 Å². The highest BCUT2D eigenvalue weighted by Gasteiger charge is 2.17. The Morgan fingerprint density at radius 1 is 1.32 bits per heavy atom. The molecule has 2 heterocycles. The summed E-state index contributed by atoms with van der Waals surface area (Å²) >= 11 is 5.92. The van der Waals surface area contributed by atoms with Crippen LogP contribution in [0.3, 0.4) is 0 Å². The van der Waals surface area contributed by atoms with Crippen molar-refractivity contribution in [2.75, 3.05) is 12.3 Å². The molecule has 2 N–H and O–H groups in total. The molecule has 0 saturated heterocycles. The molecule has 3 nitrogen and oxygen atoms in total. The van der Waals surface area contributed by atoms with E-state index in [1.165, 1.54) is 16.7 Å². The van der Waals surface area contributed by atoms with Crippen molar-refractivity contribution in [2.45, 2.75) is 19.5 Å². The van der Waals surface area contributed by atoms with E-state index in [0.717, 1.165) is 31.7 Å². The SMILES string of the molecule is Nc1cccc2c1CCN(Cc1ccnc(Cl)c1)C2. The van der Waals surface area contributed by atoms with E-state index in [2.05, 4.69) is 16.0 Å². The Morgan fingerprint density at radius 2 is 2.21 bits per heavy atom. The lowest BCUT2D eigenvalue weighted by Crippen LogP contribution is -2.30. The molecule has 3 rings (SSSR count). The van der Waals surface area contributed by atoms with Gasteiger partial charge >= 0.3 is 0 Å². The molecule has 1 aromatic carbocycles. The first-order chi connectivity index (χ1) is 9.22. The van der Waals surface area contributed by atoms with Crippen molar-refractivity contribution < 1.29 is 0 Å². The minimum atomic E-state index is 0.555. The largest absolute Gasteiger partial charge is 0.398 e. The van der Waals surface area contributed by atoms with Crippen molar-refractivity contribution in [3.05, 3.63) is 58.4 Å². The van der Waals surface area contributed by atoms with Crippen LogP contribution in [-0.4, -0.2) is 16.4 Å². The van der Waals surface area contributed by atoms with Gasteiger partial charge in [-0.15, -0.1) is 0 Å². The van der Waals surface area contributed by atoms with E-state index >= 15 is 0 Å². The fraction of sp³-hybridized carbons (Fsp3) is 0.267. The smallest absolute Gasteiger partial charge is 0.129 e. The van der Waals surface area contributed by atoms with Crippen molar-refractivity contribution in [2.24, 2.45) is 0 Å². The highest BCUT2D eigenvalue weighted by Crippen LogP contribution is 2.25. The van der Waals surface area contributed by atoms with Crippen LogP contribution in [0.15, 0.2) is 36.5 Å². The van der Waals surface area contributed by atoms with Gasteiger partial charge in [-0.3, -0.25) is 4.90 Å². The van der Waals surface area contributed by atoms with E-state index in [-0.39, 0.29) is 0 Å². The number of fused-ring (bicyclic) bond motifs is 1. The first-order valence-corrected chi connectivity index (χ1v) is 6.79. The zero-order chi connectivity index (χ0) is 13.2. The van der Waals surface area contributed by atoms with Crippen molar-refractivity contribution in [3.8, 4) is 0 Å². The minimum Gasteiger partial charge on any atom is -0.398 e. The number of nitrogens with zero attached hydrogens (tertiary/aromatic N) is 2. The molecule has 0 radical (unpaired) electrons. The van der Waals surface area contributed by atoms with Crippen LogP contribution in [0.5, 0.6) is 0 Å². The molecule has 98 valence electrons. The van der Waals surface area contributed by atoms with Gasteiger partial charge in [-0.1, -0.05) is 23.7 Å². The summed E-state index contributed by atoms with van der Waals surface area (Å²) in [4.78, 5) is 6.42. The molecule has 0 amide bonds. The second-order valence-corrected chi connectivity index (χ2v) is 5.32. The van der Waals surface area contributed by atoms with Crippen LogP contribution in [0.4, 0.5) is 5.69 Å². The molecule has 0 fully saturated rings. The van der Waals surface area contributed by atoms with E-state index in [9.17, 15) is 0 Å². The van der Waals surface area contributed by atoms with E-state index in [1.54, 1.807) is 6.20 Å². The highest BCUT2D eigenvalue weighted by atomic mass is 35.5. The Morgan fingerprint density at radius 3 is 3.05 bits per heavy atom. The molecule has 0 aliphatic carbocycles. The molecule has 0 bridgehead atoms. The fourth-order valence-electron chi connectivity index (χ4n) is 2.63. The third-order valence-corrected chi connectivity index (χ3v) is 3.79. The van der Waals surface area contributed by atoms with Gasteiger partial charge in [0.15, 0.2) is 0 Å². The average molecular weight is 274 g/mol. The van der Waals surface area contributed by atoms with Crippen LogP contribution >= 0.6 is 11.6 Å². The zero-order valence-electron chi connectivity index (χ0n) is 10.6. The van der Waals surface area contributed by atoms with Gasteiger partial charge in [0.2, 0.25) is 0 Å². The maximum atomic E-state index is 6.01. The number of rotatable bonds is 2. The second kappa shape index (κ2) is 5.19. The Kier molecular flexibility index (Phi) is 3.40. The van der Waals surface area contributed by atoms with Crippen LogP contribution in [-0.2, 0) is 19.5 Å². The normalized spacial score (nSPS) is 15.2. The van der Waals surface area contributed by atoms with Gasteiger partial charge in [0.1, 0.15) is 5.15 Å². The molecular formula is C15H16ClN3. The van der Waals surface area contributed by atoms with Gasteiger partial charge in [-0.05, 0) is 41.3 Å². The van der Waals surface area contributed by atoms with Gasteiger partial charge in [0, 0.05) is 31.5 Å². The summed E-state index contributed by atoms with van der Waals surface area (Å²) in [6.07, 6.45) is 2.77. The summed E-state index contributed by atoms with van der Waals surface area (Å²) in [5, 5.41) is 0.555. The molecule has 4 heteroatoms. The van der Waals surface area contributed by atoms with Crippen molar-refractivity contribution in [3.63, 3.8) is 0 Å². The van der Waals surface area contributed by atoms with Crippen LogP contribution in [0, 0.1) is 0 Å². The standard InChI is InChI=1S/C15H16ClN3/c16-15-8-11(4-6-18-15)9-19-7-5-13-12(10-19)2-1-3-14(13)17/h1-4,6,8H,5,7,9-10,17H2. The molecule has 1 aliphatic rings. The highest BCUT2D eigenvalue weighted by molar-refractivity contribution is 6.29. The topological polar surface area (TPSA) is 42.1 Å². The monoisotopic (exact) mass is 273 g/mol. The molecule has 0 spiro atoms. The maximum Gasteiger partial charge on any atom is 0.129 e. The number of nitrogen functional groups attached to an aromatic ring is 1. The second-order valence-electron chi connectivity index (χ2n) is 4.93. The van der Waals surface area contributed by atoms with Gasteiger partial charge < -0.3 is 5.73 Å². The van der Waals surface area contributed by atoms with Crippen molar-refractivity contribution in [1.82, 2.24) is 9.88 Å². The lowest BCUT2D eigenvalue weighted by atomic mass is 9.98. The third kappa shape index (κ3) is 2.72. The van der Waals surface area contributed by atoms with Crippen LogP contribution in [0.25, 0.3) is 0 Å². The van der Waals surface area contributed by atoms with Gasteiger partial charge in [-0.2, -0.15) is 0 Å². The Labute approximate surface area is 118 Å². The zero-order valence-corrected chi connectivity index (χ0v) is 11.4. The summed E-state index contributed by atoms with van der Waals surface area (Å²) in [5.74, 6) is 0. The van der Waals surface area contributed by atoms with E-state index in [4.69, 9.17) is 17.3 Å². The minimum absolute atomic E-state index is 0.555. The average Bonchev–Trinajstić information content (AvgIpc) is 2.39. The van der Waals surface area contributed by atoms with E-state index in [1.807, 2.05) is 24.3 Å². The molecular weight excluding hydrogens is 258 g/mol. The van der Waals surface area contributed by atoms with Gasteiger partial charge in [0.25, 0.3) is 0 Å². The van der Waals surface area contributed by atoms with Gasteiger partial charge in [-0.25, -0.2) is 4.98 Å². The number of benzene rings is 1. The molecule has 2 aromatic rings. The molecule has 1 aliphatic heterocycles. The number of anilines is 1. The molecule has 0 saturated carbocycles. The van der Waals surface area contributed by atoms with Crippen LogP contribution in [0.2, 0.25) is 5.15 Å². The number of hydrogen-bond acceptors (Lipinski definition) is 3. The molecule has 0 unspecified atom stereocenters. The first-order valence-electron chi connectivity index (χ1n) is 6.41. The number of halogens is 1. The number of pyridine rings is 1. The first kappa shape index (κ1) is 12.5. The number of aromatic nitrogens is 1. The third-order valence-electron chi connectivity index (χ3n) is 3.58. The summed E-state index contributed by atoms with van der Waals surface area (Å²) in [7, 11) is 0. The summed E-state index contributed by atoms with van der Waals surface area (Å²) in [6.45, 7) is 2.87. The fourth-order valence-corrected chi connectivity index (χ4v) is 2.83. The predicted octanol–water partition coefficient (Wildman–Crippen LogP) is 2.88. The summed E-state index contributed by atoms with van der Waals surface area (Å²) < 4.78 is 0. The maximum absolute atomic E-state index is 6.01. The molecule has 1 aromatic heterocycles. The Hall–Kier alpha value is -1.58. The Balaban J connectivity index is 1.76. The van der Waals surface area contributed by atoms with E-state index < -0.39 is 0 Å². The summed E-state index contributed by atoms with van der Waals surface area (Å²) in [5.41, 5.74) is 10.8. The Bertz CT molecular complexity index is 598. The predicted molar refractivity (Wildman–Crippen MR) is 77.9 cm³/mol. The summed E-state index contributed by atoms with van der Waals surface area (Å²) in [6, 6.07) is 10.1. The lowest BCUT2D eigenvalue weighted by Gasteiger charge is -2.29. The van der Waals surface area contributed by atoms with E-state index in [0.29, 0.717) is 5.15 Å².